The lowest BCUT2D eigenvalue weighted by molar-refractivity contribution is -0.120. The Morgan fingerprint density at radius 1 is 0.816 bits per heavy atom. The number of hydrogen-bond acceptors (Lipinski definition) is 7. The second kappa shape index (κ2) is 14.6. The highest BCUT2D eigenvalue weighted by molar-refractivity contribution is 6.39. The molecule has 10 nitrogen and oxygen atoms in total. The van der Waals surface area contributed by atoms with Crippen LogP contribution >= 0.6 is 23.2 Å². The average Bonchev–Trinajstić information content (AvgIpc) is 3.84. The van der Waals surface area contributed by atoms with Crippen molar-refractivity contribution in [2.45, 2.75) is 50.9 Å². The molecule has 4 N–H and O–H groups in total. The van der Waals surface area contributed by atoms with Gasteiger partial charge in [-0.1, -0.05) is 65.7 Å². The van der Waals surface area contributed by atoms with Crippen molar-refractivity contribution >= 4 is 40.7 Å². The molecule has 2 fully saturated rings. The van der Waals surface area contributed by atoms with Gasteiger partial charge in [0.15, 0.2) is 0 Å². The molecule has 0 bridgehead atoms. The molecule has 2 amide bonds. The topological polar surface area (TPSA) is 122 Å². The molecule has 0 spiro atoms. The van der Waals surface area contributed by atoms with Crippen LogP contribution in [0.15, 0.2) is 73.1 Å². The summed E-state index contributed by atoms with van der Waals surface area (Å²) in [5, 5.41) is 13.9. The van der Waals surface area contributed by atoms with Crippen molar-refractivity contribution in [2.24, 2.45) is 0 Å². The lowest BCUT2D eigenvalue weighted by Crippen LogP contribution is -2.35. The van der Waals surface area contributed by atoms with Gasteiger partial charge in [0.05, 0.1) is 28.5 Å². The van der Waals surface area contributed by atoms with Gasteiger partial charge in [-0.05, 0) is 36.6 Å². The normalized spacial score (nSPS) is 17.4. The quantitative estimate of drug-likeness (QED) is 0.130. The zero-order valence-electron chi connectivity index (χ0n) is 27.1. The second-order valence-corrected chi connectivity index (χ2v) is 13.2. The summed E-state index contributed by atoms with van der Waals surface area (Å²) < 4.78 is 7.65. The van der Waals surface area contributed by atoms with E-state index in [0.29, 0.717) is 60.6 Å². The van der Waals surface area contributed by atoms with Gasteiger partial charge < -0.3 is 30.4 Å². The number of rotatable bonds is 12. The smallest absolute Gasteiger partial charge is 0.220 e. The Morgan fingerprint density at radius 3 is 2.10 bits per heavy atom. The Labute approximate surface area is 294 Å². The Morgan fingerprint density at radius 2 is 1.45 bits per heavy atom. The summed E-state index contributed by atoms with van der Waals surface area (Å²) >= 11 is 14.2. The molecule has 5 aromatic rings. The van der Waals surface area contributed by atoms with Crippen molar-refractivity contribution in [3.05, 3.63) is 94.4 Å². The molecular weight excluding hydrogens is 661 g/mol. The summed E-state index contributed by atoms with van der Waals surface area (Å²) in [6, 6.07) is 20.1. The van der Waals surface area contributed by atoms with Gasteiger partial charge in [-0.3, -0.25) is 9.59 Å². The predicted molar refractivity (Wildman–Crippen MR) is 192 cm³/mol. The van der Waals surface area contributed by atoms with Crippen LogP contribution in [-0.2, 0) is 22.7 Å². The first-order valence-electron chi connectivity index (χ1n) is 16.5. The van der Waals surface area contributed by atoms with Gasteiger partial charge >= 0.3 is 0 Å². The van der Waals surface area contributed by atoms with Crippen molar-refractivity contribution in [1.82, 2.24) is 35.6 Å². The molecule has 0 aliphatic carbocycles. The fraction of sp³-hybridized carbons (Fsp3) is 0.297. The highest BCUT2D eigenvalue weighted by atomic mass is 35.5. The number of imidazole rings is 1. The largest absolute Gasteiger partial charge is 0.481 e. The first kappa shape index (κ1) is 33.0. The molecule has 5 heterocycles. The van der Waals surface area contributed by atoms with Crippen LogP contribution in [-0.4, -0.2) is 58.5 Å². The summed E-state index contributed by atoms with van der Waals surface area (Å²) in [4.78, 5) is 32.6. The number of ether oxygens (including phenoxy) is 1. The van der Waals surface area contributed by atoms with Gasteiger partial charge in [0.2, 0.25) is 17.7 Å². The Hall–Kier alpha value is -4.48. The summed E-state index contributed by atoms with van der Waals surface area (Å²) in [6.07, 6.45) is 6.86. The van der Waals surface area contributed by atoms with E-state index in [2.05, 4.69) is 21.3 Å². The van der Waals surface area contributed by atoms with E-state index in [0.717, 1.165) is 57.6 Å². The number of aromatic nitrogens is 3. The molecule has 2 aromatic carbocycles. The Balaban J connectivity index is 1.09. The number of carbonyl (C=O) groups excluding carboxylic acids is 2. The van der Waals surface area contributed by atoms with Crippen LogP contribution in [0.25, 0.3) is 39.2 Å². The lowest BCUT2D eigenvalue weighted by atomic mass is 9.97. The van der Waals surface area contributed by atoms with Crippen molar-refractivity contribution in [2.75, 3.05) is 20.2 Å². The van der Waals surface area contributed by atoms with E-state index in [4.69, 9.17) is 37.9 Å². The number of carbonyl (C=O) groups is 2. The number of nitrogens with zero attached hydrogens (tertiary/aromatic N) is 3. The second-order valence-electron chi connectivity index (χ2n) is 12.5. The monoisotopic (exact) mass is 697 g/mol. The van der Waals surface area contributed by atoms with Crippen molar-refractivity contribution in [3.63, 3.8) is 0 Å². The molecule has 0 saturated carbocycles. The maximum Gasteiger partial charge on any atom is 0.220 e. The minimum absolute atomic E-state index is 0.102. The van der Waals surface area contributed by atoms with Gasteiger partial charge in [-0.2, -0.15) is 0 Å². The number of halogens is 2. The van der Waals surface area contributed by atoms with E-state index >= 15 is 0 Å². The standard InChI is InChI=1S/C37H37Cl2N7O3/c1-49-37-23(17-40-18-24-9-12-33(47)43-24)8-11-31(45-37)30-7-3-6-29(36(30)39)28-5-2-4-27(35(28)38)22-14-15-46-21-26(42-32(46)16-22)20-41-19-25-10-13-34(48)44-25/h2-8,11,14-16,21,24-25,40-41H,9-10,12-13,17-20H2,1H3,(H,43,47)(H,44,48)/t24-,25-/m0/s1. The third-order valence-corrected chi connectivity index (χ3v) is 9.90. The minimum atomic E-state index is 0.102. The van der Waals surface area contributed by atoms with Gasteiger partial charge in [-0.15, -0.1) is 0 Å². The number of benzene rings is 2. The van der Waals surface area contributed by atoms with Crippen LogP contribution in [0.2, 0.25) is 10.0 Å². The van der Waals surface area contributed by atoms with Crippen LogP contribution in [0.5, 0.6) is 5.88 Å². The van der Waals surface area contributed by atoms with Crippen LogP contribution in [0.4, 0.5) is 0 Å². The van der Waals surface area contributed by atoms with Crippen molar-refractivity contribution in [3.8, 4) is 39.4 Å². The number of pyridine rings is 2. The van der Waals surface area contributed by atoms with Crippen LogP contribution < -0.4 is 26.0 Å². The van der Waals surface area contributed by atoms with Crippen LogP contribution in [0, 0.1) is 0 Å². The molecule has 0 radical (unpaired) electrons. The number of nitrogens with one attached hydrogen (secondary N) is 4. The zero-order chi connectivity index (χ0) is 33.9. The first-order chi connectivity index (χ1) is 23.9. The number of hydrogen-bond donors (Lipinski definition) is 4. The first-order valence-corrected chi connectivity index (χ1v) is 17.2. The van der Waals surface area contributed by atoms with E-state index < -0.39 is 0 Å². The summed E-state index contributed by atoms with van der Waals surface area (Å²) in [6.45, 7) is 2.56. The van der Waals surface area contributed by atoms with Gasteiger partial charge in [-0.25, -0.2) is 9.97 Å². The highest BCUT2D eigenvalue weighted by Gasteiger charge is 2.22. The third kappa shape index (κ3) is 7.28. The summed E-state index contributed by atoms with van der Waals surface area (Å²) in [5.74, 6) is 0.731. The molecule has 49 heavy (non-hydrogen) atoms. The molecule has 12 heteroatoms. The fourth-order valence-electron chi connectivity index (χ4n) is 6.53. The zero-order valence-corrected chi connectivity index (χ0v) is 28.6. The molecule has 3 aromatic heterocycles. The average molecular weight is 699 g/mol. The molecule has 2 atom stereocenters. The lowest BCUT2D eigenvalue weighted by Gasteiger charge is -2.15. The summed E-state index contributed by atoms with van der Waals surface area (Å²) in [5.41, 5.74) is 7.51. The van der Waals surface area contributed by atoms with E-state index in [-0.39, 0.29) is 23.9 Å². The van der Waals surface area contributed by atoms with E-state index in [1.54, 1.807) is 7.11 Å². The molecular formula is C37H37Cl2N7O3. The third-order valence-electron chi connectivity index (χ3n) is 9.09. The van der Waals surface area contributed by atoms with Gasteiger partial charge in [0.25, 0.3) is 0 Å². The van der Waals surface area contributed by atoms with Crippen molar-refractivity contribution < 1.29 is 14.3 Å². The molecule has 252 valence electrons. The maximum absolute atomic E-state index is 11.5. The maximum atomic E-state index is 11.5. The predicted octanol–water partition coefficient (Wildman–Crippen LogP) is 5.78. The number of methoxy groups -OCH3 is 1. The fourth-order valence-corrected chi connectivity index (χ4v) is 7.20. The summed E-state index contributed by atoms with van der Waals surface area (Å²) in [7, 11) is 1.60. The number of amides is 2. The minimum Gasteiger partial charge on any atom is -0.481 e. The number of fused-ring (bicyclic) bond motifs is 1. The molecule has 2 aliphatic rings. The van der Waals surface area contributed by atoms with Gasteiger partial charge in [0.1, 0.15) is 5.65 Å². The van der Waals surface area contributed by atoms with Crippen LogP contribution in [0.1, 0.15) is 36.9 Å². The molecule has 7 rings (SSSR count). The van der Waals surface area contributed by atoms with E-state index in [1.165, 1.54) is 0 Å². The van der Waals surface area contributed by atoms with Gasteiger partial charge in [0, 0.05) is 91.3 Å². The molecule has 0 unspecified atom stereocenters. The Kier molecular flexibility index (Phi) is 9.81. The van der Waals surface area contributed by atoms with Crippen molar-refractivity contribution in [1.29, 1.82) is 0 Å². The highest BCUT2D eigenvalue weighted by Crippen LogP contribution is 2.42. The SMILES string of the molecule is COc1nc(-c2cccc(-c3cccc(-c4ccn5cc(CNC[C@@H]6CCC(=O)N6)nc5c4)c3Cl)c2Cl)ccc1CNC[C@@H]1CCC(=O)N1. The Bertz CT molecular complexity index is 2030. The van der Waals surface area contributed by atoms with E-state index in [9.17, 15) is 9.59 Å². The molecule has 2 saturated heterocycles. The molecule has 2 aliphatic heterocycles. The van der Waals surface area contributed by atoms with Crippen LogP contribution in [0.3, 0.4) is 0 Å². The van der Waals surface area contributed by atoms with E-state index in [1.807, 2.05) is 77.5 Å².